The number of halogens is 1. The third-order valence-corrected chi connectivity index (χ3v) is 4.84. The molecule has 1 N–H and O–H groups in total. The van der Waals surface area contributed by atoms with Crippen molar-refractivity contribution in [1.29, 1.82) is 0 Å². The van der Waals surface area contributed by atoms with Crippen molar-refractivity contribution in [3.8, 4) is 5.75 Å². The Labute approximate surface area is 122 Å². The second-order valence-corrected chi connectivity index (χ2v) is 6.33. The van der Waals surface area contributed by atoms with Crippen LogP contribution >= 0.6 is 15.9 Å². The lowest BCUT2D eigenvalue weighted by molar-refractivity contribution is 0.146. The van der Waals surface area contributed by atoms with E-state index in [4.69, 9.17) is 9.47 Å². The Kier molecular flexibility index (Phi) is 6.78. The first-order valence-electron chi connectivity index (χ1n) is 5.92. The minimum atomic E-state index is -3.54. The molecule has 0 saturated carbocycles. The van der Waals surface area contributed by atoms with Gasteiger partial charge >= 0.3 is 0 Å². The molecule has 0 heterocycles. The van der Waals surface area contributed by atoms with Crippen molar-refractivity contribution in [2.24, 2.45) is 0 Å². The van der Waals surface area contributed by atoms with E-state index in [0.29, 0.717) is 36.4 Å². The molecular formula is C12H18BrNO4S. The number of methoxy groups -OCH3 is 1. The predicted octanol–water partition coefficient (Wildman–Crippen LogP) is 2.16. The minimum absolute atomic E-state index is 0.170. The lowest BCUT2D eigenvalue weighted by atomic mass is 10.3. The smallest absolute Gasteiger partial charge is 0.241 e. The van der Waals surface area contributed by atoms with Crippen LogP contribution in [0.4, 0.5) is 0 Å². The molecule has 0 saturated heterocycles. The number of rotatable bonds is 8. The van der Waals surface area contributed by atoms with Crippen LogP contribution in [0.15, 0.2) is 27.6 Å². The van der Waals surface area contributed by atoms with Crippen molar-refractivity contribution in [2.75, 3.05) is 26.9 Å². The summed E-state index contributed by atoms with van der Waals surface area (Å²) in [5.74, 6) is 0.498. The molecule has 1 rings (SSSR count). The van der Waals surface area contributed by atoms with E-state index in [0.717, 1.165) is 0 Å². The fourth-order valence-electron chi connectivity index (χ4n) is 1.42. The molecule has 7 heteroatoms. The number of ether oxygens (including phenoxy) is 2. The van der Waals surface area contributed by atoms with Gasteiger partial charge < -0.3 is 9.47 Å². The zero-order chi connectivity index (χ0) is 14.3. The van der Waals surface area contributed by atoms with Crippen molar-refractivity contribution < 1.29 is 17.9 Å². The summed E-state index contributed by atoms with van der Waals surface area (Å²) in [7, 11) is -2.05. The van der Waals surface area contributed by atoms with Gasteiger partial charge in [0.2, 0.25) is 10.0 Å². The Bertz CT molecular complexity index is 504. The molecule has 1 aromatic rings. The highest BCUT2D eigenvalue weighted by molar-refractivity contribution is 9.10. The average molecular weight is 352 g/mol. The number of hydrogen-bond donors (Lipinski definition) is 1. The molecule has 0 aliphatic rings. The van der Waals surface area contributed by atoms with Crippen molar-refractivity contribution in [3.63, 3.8) is 0 Å². The predicted molar refractivity (Wildman–Crippen MR) is 77.0 cm³/mol. The fraction of sp³-hybridized carbons (Fsp3) is 0.500. The van der Waals surface area contributed by atoms with Crippen LogP contribution in [0, 0.1) is 0 Å². The van der Waals surface area contributed by atoms with Gasteiger partial charge in [0.15, 0.2) is 0 Å². The normalized spacial score (nSPS) is 11.5. The van der Waals surface area contributed by atoms with Gasteiger partial charge in [0.05, 0.1) is 12.0 Å². The maximum absolute atomic E-state index is 12.1. The molecule has 0 aliphatic carbocycles. The molecule has 0 amide bonds. The number of hydrogen-bond acceptors (Lipinski definition) is 4. The van der Waals surface area contributed by atoms with Crippen LogP contribution in [-0.4, -0.2) is 35.3 Å². The van der Waals surface area contributed by atoms with E-state index >= 15 is 0 Å². The number of nitrogens with one attached hydrogen (secondary N) is 1. The van der Waals surface area contributed by atoms with Crippen LogP contribution in [0.2, 0.25) is 0 Å². The molecule has 108 valence electrons. The average Bonchev–Trinajstić information content (AvgIpc) is 2.39. The quantitative estimate of drug-likeness (QED) is 0.729. The molecule has 0 radical (unpaired) electrons. The Hall–Kier alpha value is -0.630. The highest BCUT2D eigenvalue weighted by atomic mass is 79.9. The second kappa shape index (κ2) is 7.84. The van der Waals surface area contributed by atoms with Crippen LogP contribution in [0.25, 0.3) is 0 Å². The van der Waals surface area contributed by atoms with Gasteiger partial charge in [0.1, 0.15) is 5.75 Å². The van der Waals surface area contributed by atoms with Crippen LogP contribution in [-0.2, 0) is 14.8 Å². The van der Waals surface area contributed by atoms with E-state index in [-0.39, 0.29) is 4.90 Å². The highest BCUT2D eigenvalue weighted by Gasteiger charge is 2.17. The maximum Gasteiger partial charge on any atom is 0.241 e. The molecule has 0 unspecified atom stereocenters. The van der Waals surface area contributed by atoms with Crippen molar-refractivity contribution in [2.45, 2.75) is 18.2 Å². The van der Waals surface area contributed by atoms with E-state index < -0.39 is 10.0 Å². The first-order chi connectivity index (χ1) is 9.01. The third kappa shape index (κ3) is 5.10. The first-order valence-corrected chi connectivity index (χ1v) is 8.20. The fourth-order valence-corrected chi connectivity index (χ4v) is 3.47. The molecule has 19 heavy (non-hydrogen) atoms. The Morgan fingerprint density at radius 3 is 2.74 bits per heavy atom. The van der Waals surface area contributed by atoms with Crippen LogP contribution < -0.4 is 9.46 Å². The summed E-state index contributed by atoms with van der Waals surface area (Å²) >= 11 is 3.23. The molecule has 5 nitrogen and oxygen atoms in total. The van der Waals surface area contributed by atoms with Crippen LogP contribution in [0.5, 0.6) is 5.75 Å². The zero-order valence-corrected chi connectivity index (χ0v) is 13.4. The Balaban J connectivity index is 2.71. The molecule has 0 bridgehead atoms. The van der Waals surface area contributed by atoms with Crippen LogP contribution in [0.1, 0.15) is 13.3 Å². The maximum atomic E-state index is 12.1. The standard InChI is InChI=1S/C12H18BrNO4S/c1-3-18-8-4-7-14-19(15,16)12-9-10(17-2)5-6-11(12)13/h5-6,9,14H,3-4,7-8H2,1-2H3. The van der Waals surface area contributed by atoms with Gasteiger partial charge in [-0.3, -0.25) is 0 Å². The van der Waals surface area contributed by atoms with Gasteiger partial charge in [0.25, 0.3) is 0 Å². The van der Waals surface area contributed by atoms with E-state index in [1.165, 1.54) is 13.2 Å². The molecule has 0 spiro atoms. The van der Waals surface area contributed by atoms with Gasteiger partial charge in [-0.15, -0.1) is 0 Å². The summed E-state index contributed by atoms with van der Waals surface area (Å²) in [6, 6.07) is 4.82. The van der Waals surface area contributed by atoms with E-state index in [2.05, 4.69) is 20.7 Å². The molecule has 0 atom stereocenters. The second-order valence-electron chi connectivity index (χ2n) is 3.74. The SMILES string of the molecule is CCOCCCNS(=O)(=O)c1cc(OC)ccc1Br. The van der Waals surface area contributed by atoms with E-state index in [1.807, 2.05) is 6.92 Å². The van der Waals surface area contributed by atoms with E-state index in [1.54, 1.807) is 12.1 Å². The molecule has 1 aromatic carbocycles. The lowest BCUT2D eigenvalue weighted by Gasteiger charge is -2.10. The zero-order valence-electron chi connectivity index (χ0n) is 11.0. The first kappa shape index (κ1) is 16.4. The summed E-state index contributed by atoms with van der Waals surface area (Å²) in [6.07, 6.45) is 0.634. The van der Waals surface area contributed by atoms with Gasteiger partial charge in [-0.2, -0.15) is 0 Å². The molecule has 0 fully saturated rings. The third-order valence-electron chi connectivity index (χ3n) is 2.39. The van der Waals surface area contributed by atoms with E-state index in [9.17, 15) is 8.42 Å². The minimum Gasteiger partial charge on any atom is -0.497 e. The molecule has 0 aliphatic heterocycles. The number of sulfonamides is 1. The largest absolute Gasteiger partial charge is 0.497 e. The van der Waals surface area contributed by atoms with Gasteiger partial charge in [-0.1, -0.05) is 0 Å². The molecular weight excluding hydrogens is 334 g/mol. The van der Waals surface area contributed by atoms with Crippen molar-refractivity contribution in [1.82, 2.24) is 4.72 Å². The Morgan fingerprint density at radius 2 is 2.11 bits per heavy atom. The summed E-state index contributed by atoms with van der Waals surface area (Å²) in [5.41, 5.74) is 0. The lowest BCUT2D eigenvalue weighted by Crippen LogP contribution is -2.26. The van der Waals surface area contributed by atoms with Crippen molar-refractivity contribution >= 4 is 26.0 Å². The summed E-state index contributed by atoms with van der Waals surface area (Å²) in [4.78, 5) is 0.170. The number of benzene rings is 1. The van der Waals surface area contributed by atoms with Gasteiger partial charge in [-0.05, 0) is 41.4 Å². The van der Waals surface area contributed by atoms with Gasteiger partial charge in [-0.25, -0.2) is 13.1 Å². The van der Waals surface area contributed by atoms with Gasteiger partial charge in [0, 0.05) is 30.3 Å². The Morgan fingerprint density at radius 1 is 1.37 bits per heavy atom. The monoisotopic (exact) mass is 351 g/mol. The summed E-state index contributed by atoms with van der Waals surface area (Å²) in [6.45, 7) is 3.41. The van der Waals surface area contributed by atoms with Crippen molar-refractivity contribution in [3.05, 3.63) is 22.7 Å². The molecule has 0 aromatic heterocycles. The van der Waals surface area contributed by atoms with Crippen LogP contribution in [0.3, 0.4) is 0 Å². The summed E-state index contributed by atoms with van der Waals surface area (Å²) in [5, 5.41) is 0. The summed E-state index contributed by atoms with van der Waals surface area (Å²) < 4.78 is 37.5. The topological polar surface area (TPSA) is 64.6 Å². The highest BCUT2D eigenvalue weighted by Crippen LogP contribution is 2.26.